The van der Waals surface area contributed by atoms with Crippen molar-refractivity contribution in [3.05, 3.63) is 11.8 Å². The third kappa shape index (κ3) is 2.36. The summed E-state index contributed by atoms with van der Waals surface area (Å²) in [6.45, 7) is 6.52. The van der Waals surface area contributed by atoms with Crippen LogP contribution in [0.1, 0.15) is 26.5 Å². The number of hydrogen-bond donors (Lipinski definition) is 1. The fraction of sp³-hybridized carbons (Fsp3) is 0.667. The Labute approximate surface area is 93.0 Å². The van der Waals surface area contributed by atoms with E-state index in [1.165, 1.54) is 0 Å². The molecule has 0 radical (unpaired) electrons. The molecule has 0 saturated heterocycles. The summed E-state index contributed by atoms with van der Waals surface area (Å²) < 4.78 is 2.85. The number of nitrogens with one attached hydrogen (secondary N) is 1. The Kier molecular flexibility index (Phi) is 3.21. The van der Waals surface area contributed by atoms with Gasteiger partial charge in [-0.2, -0.15) is 5.10 Å². The van der Waals surface area contributed by atoms with Crippen LogP contribution < -0.4 is 5.32 Å². The number of hydrogen-bond acceptors (Lipinski definition) is 2. The maximum atomic E-state index is 4.52. The van der Waals surface area contributed by atoms with Gasteiger partial charge in [0, 0.05) is 18.5 Å². The van der Waals surface area contributed by atoms with Gasteiger partial charge in [0.25, 0.3) is 0 Å². The molecule has 0 saturated carbocycles. The summed E-state index contributed by atoms with van der Waals surface area (Å²) >= 11 is 2.30. The molecule has 0 aliphatic heterocycles. The van der Waals surface area contributed by atoms with Crippen LogP contribution in [0.4, 0.5) is 5.82 Å². The number of halogens is 1. The lowest BCUT2D eigenvalue weighted by atomic mass is 9.92. The summed E-state index contributed by atoms with van der Waals surface area (Å²) in [4.78, 5) is 0. The van der Waals surface area contributed by atoms with E-state index in [9.17, 15) is 0 Å². The second-order valence-electron chi connectivity index (χ2n) is 4.03. The van der Waals surface area contributed by atoms with Crippen LogP contribution in [-0.2, 0) is 9.97 Å². The zero-order valence-corrected chi connectivity index (χ0v) is 10.7. The maximum absolute atomic E-state index is 4.52. The first kappa shape index (κ1) is 10.8. The fourth-order valence-electron chi connectivity index (χ4n) is 1.08. The van der Waals surface area contributed by atoms with Crippen LogP contribution in [-0.4, -0.2) is 16.8 Å². The molecule has 0 amide bonds. The molecule has 0 unspecified atom stereocenters. The van der Waals surface area contributed by atoms with Crippen LogP contribution in [0.3, 0.4) is 0 Å². The Hall–Kier alpha value is -0.260. The maximum Gasteiger partial charge on any atom is 0.125 e. The van der Waals surface area contributed by atoms with Crippen LogP contribution in [0, 0.1) is 0 Å². The van der Waals surface area contributed by atoms with Crippen molar-refractivity contribution in [2.75, 3.05) is 12.4 Å². The Morgan fingerprint density at radius 3 is 2.46 bits per heavy atom. The number of anilines is 1. The SMILES string of the molecule is CNc1cc(C(C)(C)C)nn1CI. The van der Waals surface area contributed by atoms with Gasteiger partial charge in [0.1, 0.15) is 5.82 Å². The molecule has 0 spiro atoms. The molecule has 0 aliphatic carbocycles. The van der Waals surface area contributed by atoms with Crippen molar-refractivity contribution in [1.82, 2.24) is 9.78 Å². The number of nitrogens with zero attached hydrogens (tertiary/aromatic N) is 2. The summed E-state index contributed by atoms with van der Waals surface area (Å²) in [6, 6.07) is 2.11. The molecule has 1 rings (SSSR count). The van der Waals surface area contributed by atoms with Gasteiger partial charge in [-0.05, 0) is 0 Å². The minimum atomic E-state index is 0.128. The van der Waals surface area contributed by atoms with E-state index in [-0.39, 0.29) is 5.41 Å². The first-order valence-corrected chi connectivity index (χ1v) is 5.83. The molecular weight excluding hydrogens is 277 g/mol. The third-order valence-corrected chi connectivity index (χ3v) is 2.56. The third-order valence-electron chi connectivity index (χ3n) is 1.92. The Bertz CT molecular complexity index is 264. The zero-order valence-electron chi connectivity index (χ0n) is 8.56. The first-order chi connectivity index (χ1) is 5.99. The van der Waals surface area contributed by atoms with Gasteiger partial charge in [-0.25, -0.2) is 4.68 Å². The van der Waals surface area contributed by atoms with Crippen molar-refractivity contribution in [3.63, 3.8) is 0 Å². The molecule has 1 aromatic heterocycles. The van der Waals surface area contributed by atoms with Gasteiger partial charge < -0.3 is 5.32 Å². The van der Waals surface area contributed by atoms with E-state index < -0.39 is 0 Å². The van der Waals surface area contributed by atoms with Gasteiger partial charge in [0.2, 0.25) is 0 Å². The second kappa shape index (κ2) is 3.86. The predicted molar refractivity (Wildman–Crippen MR) is 64.5 cm³/mol. The highest BCUT2D eigenvalue weighted by Gasteiger charge is 2.18. The smallest absolute Gasteiger partial charge is 0.125 e. The summed E-state index contributed by atoms with van der Waals surface area (Å²) in [5, 5.41) is 7.65. The van der Waals surface area contributed by atoms with E-state index in [2.05, 4.69) is 59.8 Å². The molecule has 1 heterocycles. The van der Waals surface area contributed by atoms with Crippen LogP contribution in [0.25, 0.3) is 0 Å². The van der Waals surface area contributed by atoms with Gasteiger partial charge in [0.15, 0.2) is 0 Å². The lowest BCUT2D eigenvalue weighted by Gasteiger charge is -2.13. The molecule has 0 aromatic carbocycles. The van der Waals surface area contributed by atoms with Gasteiger partial charge >= 0.3 is 0 Å². The standard InChI is InChI=1S/C9H16IN3/c1-9(2,3)7-5-8(11-4)13(6-10)12-7/h5,11H,6H2,1-4H3. The normalized spacial score (nSPS) is 11.8. The predicted octanol–water partition coefficient (Wildman–Crippen LogP) is 2.61. The minimum Gasteiger partial charge on any atom is -0.373 e. The first-order valence-electron chi connectivity index (χ1n) is 4.31. The summed E-state index contributed by atoms with van der Waals surface area (Å²) in [6.07, 6.45) is 0. The van der Waals surface area contributed by atoms with Crippen molar-refractivity contribution in [2.45, 2.75) is 30.7 Å². The Morgan fingerprint density at radius 1 is 1.54 bits per heavy atom. The largest absolute Gasteiger partial charge is 0.373 e. The van der Waals surface area contributed by atoms with Crippen LogP contribution in [0.15, 0.2) is 6.07 Å². The molecule has 0 aliphatic rings. The van der Waals surface area contributed by atoms with Crippen molar-refractivity contribution in [3.8, 4) is 0 Å². The molecule has 0 fully saturated rings. The van der Waals surface area contributed by atoms with E-state index in [1.807, 2.05) is 11.7 Å². The van der Waals surface area contributed by atoms with Crippen LogP contribution in [0.2, 0.25) is 0 Å². The number of rotatable bonds is 2. The number of alkyl halides is 1. The average molecular weight is 293 g/mol. The van der Waals surface area contributed by atoms with Crippen molar-refractivity contribution >= 4 is 28.4 Å². The van der Waals surface area contributed by atoms with Crippen molar-refractivity contribution < 1.29 is 0 Å². The van der Waals surface area contributed by atoms with Crippen LogP contribution >= 0.6 is 22.6 Å². The molecule has 13 heavy (non-hydrogen) atoms. The van der Waals surface area contributed by atoms with E-state index in [0.717, 1.165) is 16.1 Å². The minimum absolute atomic E-state index is 0.128. The average Bonchev–Trinajstić information content (AvgIpc) is 2.45. The quantitative estimate of drug-likeness (QED) is 0.671. The lowest BCUT2D eigenvalue weighted by Crippen LogP contribution is -2.12. The molecule has 1 aromatic rings. The second-order valence-corrected chi connectivity index (χ2v) is 4.72. The van der Waals surface area contributed by atoms with Crippen molar-refractivity contribution in [2.24, 2.45) is 0 Å². The van der Waals surface area contributed by atoms with Crippen molar-refractivity contribution in [1.29, 1.82) is 0 Å². The van der Waals surface area contributed by atoms with E-state index in [1.54, 1.807) is 0 Å². The molecular formula is C9H16IN3. The number of aromatic nitrogens is 2. The van der Waals surface area contributed by atoms with E-state index in [4.69, 9.17) is 0 Å². The van der Waals surface area contributed by atoms with Gasteiger partial charge in [-0.1, -0.05) is 43.4 Å². The Balaban J connectivity index is 3.07. The highest BCUT2D eigenvalue weighted by atomic mass is 127. The molecule has 4 heteroatoms. The molecule has 1 N–H and O–H groups in total. The molecule has 0 atom stereocenters. The van der Waals surface area contributed by atoms with Gasteiger partial charge in [0.05, 0.1) is 10.2 Å². The summed E-state index contributed by atoms with van der Waals surface area (Å²) in [5.41, 5.74) is 1.26. The van der Waals surface area contributed by atoms with E-state index >= 15 is 0 Å². The molecule has 74 valence electrons. The summed E-state index contributed by atoms with van der Waals surface area (Å²) in [5.74, 6) is 1.08. The monoisotopic (exact) mass is 293 g/mol. The topological polar surface area (TPSA) is 29.9 Å². The molecule has 0 bridgehead atoms. The Morgan fingerprint density at radius 2 is 2.15 bits per heavy atom. The fourth-order valence-corrected chi connectivity index (χ4v) is 1.60. The molecule has 3 nitrogen and oxygen atoms in total. The van der Waals surface area contributed by atoms with Crippen LogP contribution in [0.5, 0.6) is 0 Å². The highest BCUT2D eigenvalue weighted by Crippen LogP contribution is 2.23. The zero-order chi connectivity index (χ0) is 10.1. The van der Waals surface area contributed by atoms with E-state index in [0.29, 0.717) is 0 Å². The van der Waals surface area contributed by atoms with Gasteiger partial charge in [-0.15, -0.1) is 0 Å². The summed E-state index contributed by atoms with van der Waals surface area (Å²) in [7, 11) is 1.92. The lowest BCUT2D eigenvalue weighted by molar-refractivity contribution is 0.553. The highest BCUT2D eigenvalue weighted by molar-refractivity contribution is 14.1. The van der Waals surface area contributed by atoms with Gasteiger partial charge in [-0.3, -0.25) is 0 Å².